The van der Waals surface area contributed by atoms with E-state index in [1.54, 1.807) is 6.20 Å². The summed E-state index contributed by atoms with van der Waals surface area (Å²) in [5.74, 6) is 1.21. The molecule has 0 aromatic carbocycles. The number of amides is 1. The Balaban J connectivity index is 1.58. The highest BCUT2D eigenvalue weighted by Gasteiger charge is 2.26. The smallest absolute Gasteiger partial charge is 0.223 e. The van der Waals surface area contributed by atoms with E-state index in [-0.39, 0.29) is 11.9 Å². The van der Waals surface area contributed by atoms with Gasteiger partial charge < -0.3 is 9.80 Å². The van der Waals surface area contributed by atoms with Crippen LogP contribution < -0.4 is 4.90 Å². The number of aryl methyl sites for hydroxylation is 3. The standard InChI is InChI=1S/C19H27N5O/c1-15-6-4-8-18(21-15)24-13-5-7-17(14-24)22(2)19(25)10-9-16-11-12-20-23(16)3/h4,6,8,11-12,17H,5,7,9-10,13-14H2,1-3H3. The number of rotatable bonds is 5. The molecular formula is C19H27N5O. The molecule has 25 heavy (non-hydrogen) atoms. The van der Waals surface area contributed by atoms with E-state index in [9.17, 15) is 4.79 Å². The van der Waals surface area contributed by atoms with Gasteiger partial charge in [0.2, 0.25) is 5.91 Å². The molecule has 0 aliphatic carbocycles. The van der Waals surface area contributed by atoms with Crippen LogP contribution in [0.2, 0.25) is 0 Å². The maximum atomic E-state index is 12.6. The fraction of sp³-hybridized carbons (Fsp3) is 0.526. The maximum Gasteiger partial charge on any atom is 0.223 e. The zero-order valence-corrected chi connectivity index (χ0v) is 15.4. The molecule has 1 aliphatic heterocycles. The predicted molar refractivity (Wildman–Crippen MR) is 98.5 cm³/mol. The van der Waals surface area contributed by atoms with Crippen molar-refractivity contribution >= 4 is 11.7 Å². The number of carbonyl (C=O) groups is 1. The molecule has 1 aliphatic rings. The third-order valence-electron chi connectivity index (χ3n) is 5.05. The van der Waals surface area contributed by atoms with Crippen LogP contribution in [0.4, 0.5) is 5.82 Å². The van der Waals surface area contributed by atoms with Gasteiger partial charge in [0, 0.05) is 57.2 Å². The summed E-state index contributed by atoms with van der Waals surface area (Å²) in [5, 5.41) is 4.16. The SMILES string of the molecule is Cc1cccc(N2CCCC(N(C)C(=O)CCc3ccnn3C)C2)n1. The number of pyridine rings is 1. The van der Waals surface area contributed by atoms with Crippen LogP contribution in [0.1, 0.15) is 30.7 Å². The summed E-state index contributed by atoms with van der Waals surface area (Å²) in [6.07, 6.45) is 5.16. The molecule has 1 atom stereocenters. The number of nitrogens with zero attached hydrogens (tertiary/aromatic N) is 5. The number of hydrogen-bond donors (Lipinski definition) is 0. The molecule has 0 bridgehead atoms. The molecule has 3 heterocycles. The van der Waals surface area contributed by atoms with Crippen LogP contribution in [0.25, 0.3) is 0 Å². The maximum absolute atomic E-state index is 12.6. The van der Waals surface area contributed by atoms with Crippen molar-refractivity contribution in [2.24, 2.45) is 7.05 Å². The Morgan fingerprint density at radius 3 is 2.92 bits per heavy atom. The van der Waals surface area contributed by atoms with E-state index < -0.39 is 0 Å². The van der Waals surface area contributed by atoms with Crippen LogP contribution in [-0.4, -0.2) is 51.8 Å². The summed E-state index contributed by atoms with van der Waals surface area (Å²) < 4.78 is 1.83. The highest BCUT2D eigenvalue weighted by molar-refractivity contribution is 5.76. The van der Waals surface area contributed by atoms with Crippen molar-refractivity contribution in [2.45, 2.75) is 38.6 Å². The number of anilines is 1. The highest BCUT2D eigenvalue weighted by Crippen LogP contribution is 2.21. The van der Waals surface area contributed by atoms with Crippen molar-refractivity contribution in [3.63, 3.8) is 0 Å². The van der Waals surface area contributed by atoms with Crippen molar-refractivity contribution in [1.29, 1.82) is 0 Å². The quantitative estimate of drug-likeness (QED) is 0.836. The van der Waals surface area contributed by atoms with E-state index >= 15 is 0 Å². The molecule has 1 saturated heterocycles. The molecular weight excluding hydrogens is 314 g/mol. The molecule has 1 amide bonds. The molecule has 0 radical (unpaired) electrons. The molecule has 2 aromatic heterocycles. The zero-order valence-electron chi connectivity index (χ0n) is 15.4. The fourth-order valence-electron chi connectivity index (χ4n) is 3.45. The van der Waals surface area contributed by atoms with Crippen LogP contribution in [0.5, 0.6) is 0 Å². The van der Waals surface area contributed by atoms with Gasteiger partial charge in [-0.2, -0.15) is 5.10 Å². The van der Waals surface area contributed by atoms with Crippen LogP contribution >= 0.6 is 0 Å². The minimum Gasteiger partial charge on any atom is -0.355 e. The second-order valence-electron chi connectivity index (χ2n) is 6.83. The number of piperidine rings is 1. The Kier molecular flexibility index (Phi) is 5.36. The molecule has 1 fully saturated rings. The number of carbonyl (C=O) groups excluding carboxylic acids is 1. The van der Waals surface area contributed by atoms with Gasteiger partial charge in [0.25, 0.3) is 0 Å². The predicted octanol–water partition coefficient (Wildman–Crippen LogP) is 2.18. The summed E-state index contributed by atoms with van der Waals surface area (Å²) in [5.41, 5.74) is 2.12. The fourth-order valence-corrected chi connectivity index (χ4v) is 3.45. The molecule has 6 nitrogen and oxygen atoms in total. The van der Waals surface area contributed by atoms with Gasteiger partial charge in [-0.15, -0.1) is 0 Å². The molecule has 0 N–H and O–H groups in total. The zero-order chi connectivity index (χ0) is 17.8. The van der Waals surface area contributed by atoms with E-state index in [2.05, 4.69) is 21.0 Å². The Morgan fingerprint density at radius 2 is 2.20 bits per heavy atom. The summed E-state index contributed by atoms with van der Waals surface area (Å²) >= 11 is 0. The average molecular weight is 341 g/mol. The van der Waals surface area contributed by atoms with Crippen LogP contribution in [0.15, 0.2) is 30.5 Å². The Bertz CT molecular complexity index is 726. The highest BCUT2D eigenvalue weighted by atomic mass is 16.2. The van der Waals surface area contributed by atoms with Gasteiger partial charge >= 0.3 is 0 Å². The monoisotopic (exact) mass is 341 g/mol. The Hall–Kier alpha value is -2.37. The van der Waals surface area contributed by atoms with Crippen LogP contribution in [0.3, 0.4) is 0 Å². The van der Waals surface area contributed by atoms with E-state index in [1.165, 1.54) is 0 Å². The van der Waals surface area contributed by atoms with Gasteiger partial charge in [0.15, 0.2) is 0 Å². The lowest BCUT2D eigenvalue weighted by molar-refractivity contribution is -0.132. The normalized spacial score (nSPS) is 17.6. The molecule has 0 saturated carbocycles. The van der Waals surface area contributed by atoms with E-state index in [0.29, 0.717) is 6.42 Å². The first-order chi connectivity index (χ1) is 12.0. The molecule has 2 aromatic rings. The lowest BCUT2D eigenvalue weighted by Crippen LogP contribution is -2.49. The second-order valence-corrected chi connectivity index (χ2v) is 6.83. The van der Waals surface area contributed by atoms with Crippen molar-refractivity contribution in [3.05, 3.63) is 41.9 Å². The Labute approximate surface area is 149 Å². The Morgan fingerprint density at radius 1 is 1.36 bits per heavy atom. The van der Waals surface area contributed by atoms with Gasteiger partial charge in [0.05, 0.1) is 0 Å². The third-order valence-corrected chi connectivity index (χ3v) is 5.05. The van der Waals surface area contributed by atoms with Crippen molar-refractivity contribution in [3.8, 4) is 0 Å². The lowest BCUT2D eigenvalue weighted by Gasteiger charge is -2.38. The van der Waals surface area contributed by atoms with Crippen molar-refractivity contribution in [1.82, 2.24) is 19.7 Å². The summed E-state index contributed by atoms with van der Waals surface area (Å²) in [6, 6.07) is 8.33. The van der Waals surface area contributed by atoms with Crippen LogP contribution in [0, 0.1) is 6.92 Å². The molecule has 3 rings (SSSR count). The number of hydrogen-bond acceptors (Lipinski definition) is 4. The number of likely N-dealkylation sites (N-methyl/N-ethyl adjacent to an activating group) is 1. The van der Waals surface area contributed by atoms with E-state index in [4.69, 9.17) is 0 Å². The van der Waals surface area contributed by atoms with Gasteiger partial charge in [0.1, 0.15) is 5.82 Å². The minimum absolute atomic E-state index is 0.199. The van der Waals surface area contributed by atoms with Gasteiger partial charge in [-0.25, -0.2) is 4.98 Å². The lowest BCUT2D eigenvalue weighted by atomic mass is 10.0. The van der Waals surface area contributed by atoms with Crippen molar-refractivity contribution < 1.29 is 4.79 Å². The average Bonchev–Trinajstić information content (AvgIpc) is 3.04. The van der Waals surface area contributed by atoms with Crippen molar-refractivity contribution in [2.75, 3.05) is 25.0 Å². The topological polar surface area (TPSA) is 54.3 Å². The van der Waals surface area contributed by atoms with Gasteiger partial charge in [-0.3, -0.25) is 9.48 Å². The van der Waals surface area contributed by atoms with E-state index in [0.717, 1.165) is 49.6 Å². The first kappa shape index (κ1) is 17.5. The molecule has 6 heteroatoms. The number of aromatic nitrogens is 3. The van der Waals surface area contributed by atoms with Crippen LogP contribution in [-0.2, 0) is 18.3 Å². The second kappa shape index (κ2) is 7.68. The first-order valence-corrected chi connectivity index (χ1v) is 8.96. The largest absolute Gasteiger partial charge is 0.355 e. The minimum atomic E-state index is 0.199. The summed E-state index contributed by atoms with van der Waals surface area (Å²) in [6.45, 7) is 3.87. The molecule has 134 valence electrons. The molecule has 0 spiro atoms. The molecule has 1 unspecified atom stereocenters. The van der Waals surface area contributed by atoms with Gasteiger partial charge in [-0.1, -0.05) is 6.07 Å². The van der Waals surface area contributed by atoms with Gasteiger partial charge in [-0.05, 0) is 44.4 Å². The summed E-state index contributed by atoms with van der Waals surface area (Å²) in [7, 11) is 3.85. The first-order valence-electron chi connectivity index (χ1n) is 8.96. The summed E-state index contributed by atoms with van der Waals surface area (Å²) in [4.78, 5) is 21.5. The third kappa shape index (κ3) is 4.18. The van der Waals surface area contributed by atoms with E-state index in [1.807, 2.05) is 48.8 Å².